The third-order valence-electron chi connectivity index (χ3n) is 2.98. The van der Waals surface area contributed by atoms with E-state index >= 15 is 0 Å². The quantitative estimate of drug-likeness (QED) is 0.719. The van der Waals surface area contributed by atoms with Crippen LogP contribution in [0.15, 0.2) is 0 Å². The Morgan fingerprint density at radius 1 is 1.57 bits per heavy atom. The molecule has 0 radical (unpaired) electrons. The fourth-order valence-corrected chi connectivity index (χ4v) is 2.02. The van der Waals surface area contributed by atoms with E-state index in [1.54, 1.807) is 0 Å². The van der Waals surface area contributed by atoms with Crippen molar-refractivity contribution in [1.82, 2.24) is 10.2 Å². The molecule has 0 aromatic rings. The minimum atomic E-state index is -0.0573. The van der Waals surface area contributed by atoms with Crippen molar-refractivity contribution in [2.45, 2.75) is 25.8 Å². The maximum Gasteiger partial charge on any atom is 0.235 e. The molecule has 1 N–H and O–H groups in total. The van der Waals surface area contributed by atoms with Crippen molar-refractivity contribution in [3.8, 4) is 0 Å². The third kappa shape index (κ3) is 3.46. The zero-order valence-electron chi connectivity index (χ0n) is 8.92. The van der Waals surface area contributed by atoms with E-state index in [0.29, 0.717) is 5.92 Å². The number of rotatable bonds is 3. The predicted molar refractivity (Wildman–Crippen MR) is 58.5 cm³/mol. The fraction of sp³-hybridized carbons (Fsp3) is 0.900. The summed E-state index contributed by atoms with van der Waals surface area (Å²) in [5.41, 5.74) is 0. The molecule has 0 bridgehead atoms. The molecule has 1 fully saturated rings. The Morgan fingerprint density at radius 2 is 2.14 bits per heavy atom. The Morgan fingerprint density at radius 3 is 2.64 bits per heavy atom. The molecule has 1 aliphatic heterocycles. The molecule has 14 heavy (non-hydrogen) atoms. The number of halogens is 1. The lowest BCUT2D eigenvalue weighted by Crippen LogP contribution is -2.43. The second-order valence-corrected chi connectivity index (χ2v) is 4.40. The number of carbonyl (C=O) groups excluding carboxylic acids is 1. The average Bonchev–Trinajstić information content (AvgIpc) is 2.18. The third-order valence-corrected chi connectivity index (χ3v) is 3.22. The Balaban J connectivity index is 2.30. The molecule has 4 heteroatoms. The van der Waals surface area contributed by atoms with E-state index in [-0.39, 0.29) is 17.8 Å². The van der Waals surface area contributed by atoms with E-state index in [0.717, 1.165) is 13.1 Å². The van der Waals surface area contributed by atoms with Gasteiger partial charge in [0, 0.05) is 6.04 Å². The zero-order chi connectivity index (χ0) is 10.6. The highest BCUT2D eigenvalue weighted by Gasteiger charge is 2.22. The molecule has 1 heterocycles. The van der Waals surface area contributed by atoms with Crippen LogP contribution in [0.3, 0.4) is 0 Å². The lowest BCUT2D eigenvalue weighted by molar-refractivity contribution is -0.119. The van der Waals surface area contributed by atoms with Gasteiger partial charge in [-0.3, -0.25) is 4.79 Å². The predicted octanol–water partition coefficient (Wildman–Crippen LogP) is 1.07. The van der Waals surface area contributed by atoms with Gasteiger partial charge in [0.15, 0.2) is 0 Å². The van der Waals surface area contributed by atoms with Gasteiger partial charge in [0.2, 0.25) is 5.91 Å². The first-order chi connectivity index (χ1) is 6.63. The van der Waals surface area contributed by atoms with Crippen molar-refractivity contribution in [1.29, 1.82) is 0 Å². The fourth-order valence-electron chi connectivity index (χ4n) is 1.94. The summed E-state index contributed by atoms with van der Waals surface area (Å²) in [6, 6.07) is 0.259. The van der Waals surface area contributed by atoms with Crippen molar-refractivity contribution in [2.24, 2.45) is 5.92 Å². The molecule has 1 amide bonds. The molecule has 1 atom stereocenters. The Kier molecular flexibility index (Phi) is 4.69. The van der Waals surface area contributed by atoms with Gasteiger partial charge in [-0.15, -0.1) is 11.6 Å². The van der Waals surface area contributed by atoms with Crippen LogP contribution in [0.25, 0.3) is 0 Å². The second kappa shape index (κ2) is 5.56. The smallest absolute Gasteiger partial charge is 0.235 e. The van der Waals surface area contributed by atoms with Gasteiger partial charge >= 0.3 is 0 Å². The first kappa shape index (κ1) is 11.8. The molecule has 3 nitrogen and oxygen atoms in total. The first-order valence-corrected chi connectivity index (χ1v) is 5.70. The monoisotopic (exact) mass is 218 g/mol. The van der Waals surface area contributed by atoms with E-state index in [2.05, 4.69) is 24.2 Å². The number of nitrogens with zero attached hydrogens (tertiary/aromatic N) is 1. The highest BCUT2D eigenvalue weighted by Crippen LogP contribution is 2.19. The topological polar surface area (TPSA) is 32.3 Å². The molecular formula is C10H19ClN2O. The Bertz CT molecular complexity index is 191. The van der Waals surface area contributed by atoms with E-state index < -0.39 is 0 Å². The van der Waals surface area contributed by atoms with Crippen LogP contribution in [-0.4, -0.2) is 42.9 Å². The van der Waals surface area contributed by atoms with E-state index in [1.807, 2.05) is 0 Å². The van der Waals surface area contributed by atoms with Gasteiger partial charge < -0.3 is 10.2 Å². The summed E-state index contributed by atoms with van der Waals surface area (Å²) in [5.74, 6) is 0.619. The van der Waals surface area contributed by atoms with Crippen LogP contribution in [0.5, 0.6) is 0 Å². The van der Waals surface area contributed by atoms with Crippen LogP contribution in [-0.2, 0) is 4.79 Å². The number of alkyl halides is 1. The molecule has 1 rings (SSSR count). The molecule has 82 valence electrons. The van der Waals surface area contributed by atoms with Crippen molar-refractivity contribution in [3.63, 3.8) is 0 Å². The molecule has 0 aromatic heterocycles. The summed E-state index contributed by atoms with van der Waals surface area (Å²) >= 11 is 5.44. The Hall–Kier alpha value is -0.280. The molecule has 0 aliphatic carbocycles. The average molecular weight is 219 g/mol. The van der Waals surface area contributed by atoms with Crippen LogP contribution in [0.4, 0.5) is 0 Å². The number of hydrogen-bond acceptors (Lipinski definition) is 2. The highest BCUT2D eigenvalue weighted by atomic mass is 35.5. The maximum absolute atomic E-state index is 11.1. The molecule has 1 aliphatic rings. The van der Waals surface area contributed by atoms with Gasteiger partial charge in [-0.2, -0.15) is 0 Å². The number of piperidine rings is 1. The van der Waals surface area contributed by atoms with Crippen molar-refractivity contribution >= 4 is 17.5 Å². The summed E-state index contributed by atoms with van der Waals surface area (Å²) in [7, 11) is 2.14. The molecule has 0 spiro atoms. The molecule has 0 saturated carbocycles. The number of nitrogens with one attached hydrogen (secondary N) is 1. The Labute approximate surface area is 90.8 Å². The summed E-state index contributed by atoms with van der Waals surface area (Å²) in [6.07, 6.45) is 2.33. The van der Waals surface area contributed by atoms with Crippen LogP contribution in [0.1, 0.15) is 19.8 Å². The van der Waals surface area contributed by atoms with Gasteiger partial charge in [-0.05, 0) is 45.8 Å². The van der Waals surface area contributed by atoms with Crippen molar-refractivity contribution in [3.05, 3.63) is 0 Å². The maximum atomic E-state index is 11.1. The van der Waals surface area contributed by atoms with Gasteiger partial charge in [0.05, 0.1) is 0 Å². The van der Waals surface area contributed by atoms with E-state index in [9.17, 15) is 4.79 Å². The number of hydrogen-bond donors (Lipinski definition) is 1. The van der Waals surface area contributed by atoms with Crippen LogP contribution in [0, 0.1) is 5.92 Å². The highest BCUT2D eigenvalue weighted by molar-refractivity contribution is 6.27. The molecule has 1 unspecified atom stereocenters. The van der Waals surface area contributed by atoms with Gasteiger partial charge in [0.25, 0.3) is 0 Å². The van der Waals surface area contributed by atoms with Gasteiger partial charge in [-0.1, -0.05) is 0 Å². The van der Waals surface area contributed by atoms with Gasteiger partial charge in [-0.25, -0.2) is 0 Å². The van der Waals surface area contributed by atoms with Crippen molar-refractivity contribution < 1.29 is 4.79 Å². The standard InChI is InChI=1S/C10H19ClN2O/c1-8(12-10(14)7-11)9-3-5-13(2)6-4-9/h8-9H,3-7H2,1-2H3,(H,12,14). The van der Waals surface area contributed by atoms with Crippen LogP contribution >= 0.6 is 11.6 Å². The summed E-state index contributed by atoms with van der Waals surface area (Å²) in [6.45, 7) is 4.33. The lowest BCUT2D eigenvalue weighted by atomic mass is 9.90. The summed E-state index contributed by atoms with van der Waals surface area (Å²) < 4.78 is 0. The van der Waals surface area contributed by atoms with Gasteiger partial charge in [0.1, 0.15) is 5.88 Å². The summed E-state index contributed by atoms with van der Waals surface area (Å²) in [5, 5.41) is 2.92. The minimum absolute atomic E-state index is 0.0573. The summed E-state index contributed by atoms with van der Waals surface area (Å²) in [4.78, 5) is 13.4. The minimum Gasteiger partial charge on any atom is -0.352 e. The zero-order valence-corrected chi connectivity index (χ0v) is 9.68. The SMILES string of the molecule is CC(NC(=O)CCl)C1CCN(C)CC1. The first-order valence-electron chi connectivity index (χ1n) is 5.17. The molecule has 1 saturated heterocycles. The largest absolute Gasteiger partial charge is 0.352 e. The van der Waals surface area contributed by atoms with E-state index in [1.165, 1.54) is 12.8 Å². The molecular weight excluding hydrogens is 200 g/mol. The number of carbonyl (C=O) groups is 1. The number of amides is 1. The van der Waals surface area contributed by atoms with Crippen LogP contribution in [0.2, 0.25) is 0 Å². The molecule has 0 aromatic carbocycles. The normalized spacial score (nSPS) is 21.9. The van der Waals surface area contributed by atoms with Crippen molar-refractivity contribution in [2.75, 3.05) is 26.0 Å². The number of likely N-dealkylation sites (tertiary alicyclic amines) is 1. The second-order valence-electron chi connectivity index (χ2n) is 4.13. The van der Waals surface area contributed by atoms with E-state index in [4.69, 9.17) is 11.6 Å². The van der Waals surface area contributed by atoms with Crippen LogP contribution < -0.4 is 5.32 Å². The lowest BCUT2D eigenvalue weighted by Gasteiger charge is -2.32.